The third-order valence-corrected chi connectivity index (χ3v) is 3.25. The number of alkyl halides is 1. The molecule has 1 aromatic rings. The SMILES string of the molecule is O=C(c1ccccc1)N1CC[C@H](CCl)C1. The van der Waals surface area contributed by atoms with Gasteiger partial charge in [-0.15, -0.1) is 11.6 Å². The topological polar surface area (TPSA) is 20.3 Å². The molecule has 2 rings (SSSR count). The van der Waals surface area contributed by atoms with Gasteiger partial charge in [0.2, 0.25) is 0 Å². The van der Waals surface area contributed by atoms with Crippen LogP contribution in [-0.2, 0) is 0 Å². The van der Waals surface area contributed by atoms with Crippen molar-refractivity contribution in [2.75, 3.05) is 19.0 Å². The van der Waals surface area contributed by atoms with E-state index in [1.54, 1.807) is 0 Å². The molecule has 1 atom stereocenters. The van der Waals surface area contributed by atoms with Crippen LogP contribution in [0.25, 0.3) is 0 Å². The van der Waals surface area contributed by atoms with Crippen molar-refractivity contribution in [3.8, 4) is 0 Å². The Morgan fingerprint density at radius 3 is 2.73 bits per heavy atom. The number of carbonyl (C=O) groups excluding carboxylic acids is 1. The minimum Gasteiger partial charge on any atom is -0.338 e. The van der Waals surface area contributed by atoms with Crippen molar-refractivity contribution in [3.05, 3.63) is 35.9 Å². The number of rotatable bonds is 2. The van der Waals surface area contributed by atoms with E-state index in [0.717, 1.165) is 25.1 Å². The number of hydrogen-bond acceptors (Lipinski definition) is 1. The zero-order valence-corrected chi connectivity index (χ0v) is 9.28. The summed E-state index contributed by atoms with van der Waals surface area (Å²) in [6.45, 7) is 1.64. The highest BCUT2D eigenvalue weighted by Gasteiger charge is 2.25. The van der Waals surface area contributed by atoms with Crippen LogP contribution in [0.4, 0.5) is 0 Å². The predicted molar refractivity (Wildman–Crippen MR) is 61.2 cm³/mol. The molecule has 0 aliphatic carbocycles. The molecule has 0 saturated carbocycles. The molecule has 15 heavy (non-hydrogen) atoms. The van der Waals surface area contributed by atoms with Crippen molar-refractivity contribution in [2.24, 2.45) is 5.92 Å². The van der Waals surface area contributed by atoms with Gasteiger partial charge in [-0.2, -0.15) is 0 Å². The highest BCUT2D eigenvalue weighted by Crippen LogP contribution is 2.19. The number of likely N-dealkylation sites (tertiary alicyclic amines) is 1. The molecule has 1 aliphatic heterocycles. The molecule has 0 radical (unpaired) electrons. The van der Waals surface area contributed by atoms with Gasteiger partial charge in [-0.05, 0) is 24.5 Å². The summed E-state index contributed by atoms with van der Waals surface area (Å²) in [4.78, 5) is 13.9. The first kappa shape index (κ1) is 10.5. The van der Waals surface area contributed by atoms with E-state index in [1.807, 2.05) is 35.2 Å². The normalized spacial score (nSPS) is 20.6. The Morgan fingerprint density at radius 2 is 2.13 bits per heavy atom. The van der Waals surface area contributed by atoms with Crippen molar-refractivity contribution in [1.29, 1.82) is 0 Å². The van der Waals surface area contributed by atoms with E-state index in [0.29, 0.717) is 11.8 Å². The van der Waals surface area contributed by atoms with Gasteiger partial charge in [0, 0.05) is 24.5 Å². The van der Waals surface area contributed by atoms with Crippen LogP contribution >= 0.6 is 11.6 Å². The van der Waals surface area contributed by atoms with E-state index < -0.39 is 0 Å². The average molecular weight is 224 g/mol. The minimum atomic E-state index is 0.128. The fourth-order valence-electron chi connectivity index (χ4n) is 1.91. The van der Waals surface area contributed by atoms with Crippen molar-refractivity contribution in [3.63, 3.8) is 0 Å². The minimum absolute atomic E-state index is 0.128. The standard InChI is InChI=1S/C12H14ClNO/c13-8-10-6-7-14(9-10)12(15)11-4-2-1-3-5-11/h1-5,10H,6-9H2/t10-/m1/s1. The molecule has 1 aromatic carbocycles. The maximum atomic E-state index is 12.0. The smallest absolute Gasteiger partial charge is 0.253 e. The maximum absolute atomic E-state index is 12.0. The van der Waals surface area contributed by atoms with Crippen molar-refractivity contribution in [2.45, 2.75) is 6.42 Å². The summed E-state index contributed by atoms with van der Waals surface area (Å²) < 4.78 is 0. The quantitative estimate of drug-likeness (QED) is 0.705. The van der Waals surface area contributed by atoms with Crippen LogP contribution in [0.1, 0.15) is 16.8 Å². The Morgan fingerprint density at radius 1 is 1.40 bits per heavy atom. The van der Waals surface area contributed by atoms with Crippen LogP contribution in [0.3, 0.4) is 0 Å². The van der Waals surface area contributed by atoms with Gasteiger partial charge in [-0.25, -0.2) is 0 Å². The van der Waals surface area contributed by atoms with Gasteiger partial charge < -0.3 is 4.90 Å². The van der Waals surface area contributed by atoms with Gasteiger partial charge in [-0.1, -0.05) is 18.2 Å². The van der Waals surface area contributed by atoms with Gasteiger partial charge in [0.15, 0.2) is 0 Å². The molecule has 2 nitrogen and oxygen atoms in total. The lowest BCUT2D eigenvalue weighted by Crippen LogP contribution is -2.28. The van der Waals surface area contributed by atoms with Gasteiger partial charge >= 0.3 is 0 Å². The van der Waals surface area contributed by atoms with E-state index >= 15 is 0 Å². The Bertz CT molecular complexity index is 339. The Hall–Kier alpha value is -1.02. The number of benzene rings is 1. The molecule has 0 N–H and O–H groups in total. The molecule has 0 unspecified atom stereocenters. The molecular formula is C12H14ClNO. The first-order chi connectivity index (χ1) is 7.31. The molecular weight excluding hydrogens is 210 g/mol. The summed E-state index contributed by atoms with van der Waals surface area (Å²) in [5.41, 5.74) is 0.771. The van der Waals surface area contributed by atoms with E-state index in [9.17, 15) is 4.79 Å². The van der Waals surface area contributed by atoms with E-state index in [2.05, 4.69) is 0 Å². The monoisotopic (exact) mass is 223 g/mol. The summed E-state index contributed by atoms with van der Waals surface area (Å²) in [5.74, 6) is 1.25. The number of halogens is 1. The van der Waals surface area contributed by atoms with Gasteiger partial charge in [0.1, 0.15) is 0 Å². The number of carbonyl (C=O) groups is 1. The third kappa shape index (κ3) is 2.32. The summed E-state index contributed by atoms with van der Waals surface area (Å²) >= 11 is 5.79. The second-order valence-electron chi connectivity index (χ2n) is 3.93. The van der Waals surface area contributed by atoms with Crippen LogP contribution in [0.5, 0.6) is 0 Å². The molecule has 1 saturated heterocycles. The van der Waals surface area contributed by atoms with Crippen LogP contribution in [0, 0.1) is 5.92 Å². The molecule has 0 spiro atoms. The first-order valence-corrected chi connectivity index (χ1v) is 5.75. The zero-order chi connectivity index (χ0) is 10.7. The molecule has 1 amide bonds. The van der Waals surface area contributed by atoms with Gasteiger partial charge in [-0.3, -0.25) is 4.79 Å². The zero-order valence-electron chi connectivity index (χ0n) is 8.53. The fourth-order valence-corrected chi connectivity index (χ4v) is 2.16. The summed E-state index contributed by atoms with van der Waals surface area (Å²) in [6.07, 6.45) is 1.03. The Kier molecular flexibility index (Phi) is 3.27. The van der Waals surface area contributed by atoms with Crippen LogP contribution in [0.2, 0.25) is 0 Å². The molecule has 0 aromatic heterocycles. The van der Waals surface area contributed by atoms with Gasteiger partial charge in [0.05, 0.1) is 0 Å². The summed E-state index contributed by atoms with van der Waals surface area (Å²) in [5, 5.41) is 0. The molecule has 0 bridgehead atoms. The number of nitrogens with zero attached hydrogens (tertiary/aromatic N) is 1. The lowest BCUT2D eigenvalue weighted by Gasteiger charge is -2.15. The van der Waals surface area contributed by atoms with Crippen LogP contribution in [-0.4, -0.2) is 29.8 Å². The number of amides is 1. The average Bonchev–Trinajstić information content (AvgIpc) is 2.78. The second-order valence-corrected chi connectivity index (χ2v) is 4.23. The molecule has 80 valence electrons. The van der Waals surface area contributed by atoms with Crippen molar-refractivity contribution in [1.82, 2.24) is 4.90 Å². The lowest BCUT2D eigenvalue weighted by atomic mass is 10.1. The fraction of sp³-hybridized carbons (Fsp3) is 0.417. The molecule has 1 fully saturated rings. The van der Waals surface area contributed by atoms with Crippen molar-refractivity contribution >= 4 is 17.5 Å². The van der Waals surface area contributed by atoms with Crippen LogP contribution in [0.15, 0.2) is 30.3 Å². The van der Waals surface area contributed by atoms with E-state index in [4.69, 9.17) is 11.6 Å². The van der Waals surface area contributed by atoms with E-state index in [1.165, 1.54) is 0 Å². The lowest BCUT2D eigenvalue weighted by molar-refractivity contribution is 0.0788. The highest BCUT2D eigenvalue weighted by atomic mass is 35.5. The third-order valence-electron chi connectivity index (χ3n) is 2.81. The first-order valence-electron chi connectivity index (χ1n) is 5.21. The Balaban J connectivity index is 2.04. The molecule has 1 heterocycles. The molecule has 1 aliphatic rings. The highest BCUT2D eigenvalue weighted by molar-refractivity contribution is 6.18. The summed E-state index contributed by atoms with van der Waals surface area (Å²) in [7, 11) is 0. The van der Waals surface area contributed by atoms with Crippen LogP contribution < -0.4 is 0 Å². The largest absolute Gasteiger partial charge is 0.338 e. The van der Waals surface area contributed by atoms with Gasteiger partial charge in [0.25, 0.3) is 5.91 Å². The summed E-state index contributed by atoms with van der Waals surface area (Å²) in [6, 6.07) is 9.42. The molecule has 3 heteroatoms. The van der Waals surface area contributed by atoms with E-state index in [-0.39, 0.29) is 5.91 Å². The predicted octanol–water partition coefficient (Wildman–Crippen LogP) is 2.39. The maximum Gasteiger partial charge on any atom is 0.253 e. The second kappa shape index (κ2) is 4.67. The Labute approximate surface area is 94.8 Å². The van der Waals surface area contributed by atoms with Crippen molar-refractivity contribution < 1.29 is 4.79 Å². The number of hydrogen-bond donors (Lipinski definition) is 0.